The van der Waals surface area contributed by atoms with Gasteiger partial charge in [-0.3, -0.25) is 0 Å². The van der Waals surface area contributed by atoms with Crippen LogP contribution in [0.15, 0.2) is 0 Å². The van der Waals surface area contributed by atoms with Gasteiger partial charge >= 0.3 is 0 Å². The number of nitrogens with two attached hydrogens (primary N) is 8. The summed E-state index contributed by atoms with van der Waals surface area (Å²) in [5.41, 5.74) is 48.3. The molecule has 2 aliphatic carbocycles. The summed E-state index contributed by atoms with van der Waals surface area (Å²) in [5, 5.41) is 90.3. The molecule has 4 fully saturated rings. The summed E-state index contributed by atoms with van der Waals surface area (Å²) >= 11 is 0. The predicted octanol–water partition coefficient (Wildman–Crippen LogP) is -10.5. The average Bonchev–Trinajstić information content (AvgIpc) is 3.19. The molecule has 0 aromatic heterocycles. The smallest absolute Gasteiger partial charge is 0.176 e. The Morgan fingerprint density at radius 2 is 0.879 bits per heavy atom. The summed E-state index contributed by atoms with van der Waals surface area (Å²) in [4.78, 5) is 0. The van der Waals surface area contributed by atoms with Gasteiger partial charge in [-0.25, -0.2) is 0 Å². The maximum Gasteiger partial charge on any atom is 0.176 e. The Morgan fingerprint density at radius 1 is 0.517 bits per heavy atom. The van der Waals surface area contributed by atoms with Crippen molar-refractivity contribution in [2.75, 3.05) is 52.5 Å². The lowest BCUT2D eigenvalue weighted by Gasteiger charge is -2.47. The van der Waals surface area contributed by atoms with E-state index in [2.05, 4.69) is 10.6 Å². The summed E-state index contributed by atoms with van der Waals surface area (Å²) < 4.78 is 35.2. The molecule has 0 spiro atoms. The van der Waals surface area contributed by atoms with E-state index in [1.54, 1.807) is 0 Å². The van der Waals surface area contributed by atoms with Crippen molar-refractivity contribution in [3.8, 4) is 0 Å². The van der Waals surface area contributed by atoms with E-state index < -0.39 is 134 Å². The Balaban J connectivity index is 1.13. The third kappa shape index (κ3) is 12.8. The topological polar surface area (TPSA) is 449 Å². The second-order valence-electron chi connectivity index (χ2n) is 16.0. The van der Waals surface area contributed by atoms with Crippen molar-refractivity contribution in [3.63, 3.8) is 0 Å². The van der Waals surface area contributed by atoms with Gasteiger partial charge in [0.15, 0.2) is 12.6 Å². The summed E-state index contributed by atoms with van der Waals surface area (Å²) in [6.45, 7) is 0.886. The van der Waals surface area contributed by atoms with Crippen LogP contribution in [0.4, 0.5) is 0 Å². The minimum absolute atomic E-state index is 0.103. The highest BCUT2D eigenvalue weighted by Crippen LogP contribution is 2.30. The molecule has 2 heterocycles. The number of nitrogens with one attached hydrogen (secondary N) is 2. The van der Waals surface area contributed by atoms with E-state index in [1.165, 1.54) is 0 Å². The van der Waals surface area contributed by atoms with E-state index >= 15 is 0 Å². The van der Waals surface area contributed by atoms with Crippen LogP contribution in [0, 0.1) is 0 Å². The highest BCUT2D eigenvalue weighted by atomic mass is 16.7. The van der Waals surface area contributed by atoms with Gasteiger partial charge < -0.3 is 126 Å². The van der Waals surface area contributed by atoms with Gasteiger partial charge in [0.05, 0.1) is 49.7 Å². The summed E-state index contributed by atoms with van der Waals surface area (Å²) in [6, 6.07) is -5.13. The third-order valence-electron chi connectivity index (χ3n) is 11.4. The van der Waals surface area contributed by atoms with E-state index in [-0.39, 0.29) is 52.2 Å². The normalized spacial score (nSPS) is 44.9. The fraction of sp³-hybridized carbons (Fsp3) is 1.00. The highest BCUT2D eigenvalue weighted by Gasteiger charge is 2.50. The van der Waals surface area contributed by atoms with Gasteiger partial charge in [-0.15, -0.1) is 0 Å². The zero-order chi connectivity index (χ0) is 42.8. The van der Waals surface area contributed by atoms with Gasteiger partial charge in [0.1, 0.15) is 61.0 Å². The van der Waals surface area contributed by atoms with E-state index in [0.717, 1.165) is 12.8 Å². The molecular formula is C34H72N10O14. The van der Waals surface area contributed by atoms with Crippen LogP contribution in [0.1, 0.15) is 25.7 Å². The number of ether oxygens (including phenoxy) is 6. The quantitative estimate of drug-likeness (QED) is 0.0477. The lowest BCUT2D eigenvalue weighted by atomic mass is 9.84. The summed E-state index contributed by atoms with van der Waals surface area (Å²) in [6.07, 6.45) is -16.2. The van der Waals surface area contributed by atoms with Crippen LogP contribution in [0.5, 0.6) is 0 Å². The second kappa shape index (κ2) is 23.5. The molecule has 342 valence electrons. The molecule has 0 unspecified atom stereocenters. The maximum absolute atomic E-state index is 10.9. The van der Waals surface area contributed by atoms with E-state index in [4.69, 9.17) is 74.3 Å². The first-order chi connectivity index (χ1) is 27.5. The van der Waals surface area contributed by atoms with Crippen molar-refractivity contribution < 1.29 is 69.3 Å². The van der Waals surface area contributed by atoms with E-state index in [1.807, 2.05) is 0 Å². The van der Waals surface area contributed by atoms with Gasteiger partial charge in [-0.2, -0.15) is 0 Å². The van der Waals surface area contributed by atoms with Crippen molar-refractivity contribution in [1.29, 1.82) is 0 Å². The summed E-state index contributed by atoms with van der Waals surface area (Å²) in [5.74, 6) is 0. The molecule has 4 rings (SSSR count). The SMILES string of the molecule is NC[C@H]1O[C@H](O[C@H]2[C@H](OC[C@H](O)CNCCCCNC[C@@H](O)CO[C@@H]3[C@@H](O)[C@H](N)C[C@H](N)[C@H]3O[C@H]3O[C@H](CN)[C@@H](O)[C@H](O)[C@H]3N)[C@@H](O)[C@H](N)C[C@@H]2N)[C@H](N)[C@@H](O)[C@@H]1O. The summed E-state index contributed by atoms with van der Waals surface area (Å²) in [7, 11) is 0. The van der Waals surface area contributed by atoms with Gasteiger partial charge in [0.2, 0.25) is 0 Å². The minimum Gasteiger partial charge on any atom is -0.389 e. The van der Waals surface area contributed by atoms with Crippen molar-refractivity contribution >= 4 is 0 Å². The van der Waals surface area contributed by atoms with Gasteiger partial charge in [-0.1, -0.05) is 0 Å². The highest BCUT2D eigenvalue weighted by molar-refractivity contribution is 5.02. The standard InChI is InChI=1S/C34H72N10O14/c35-7-19-25(49)27(51)21(41)33(55-19)57-29-17(39)5-15(37)23(47)31(29)53-11-13(45)9-43-3-1-2-4-44-10-14(46)12-54-32-24(48)16(38)6-18(40)30(32)58-34-22(42)28(52)26(50)20(8-36)56-34/h13-34,43-52H,1-12,35-42H2/t13-,14-,15-,16-,17+,18+,19-,20-,21-,22-,23+,24+,25-,26-,27-,28-,29-,30-,31-,32-,33-,34-/m1/s1. The average molecular weight is 845 g/mol. The van der Waals surface area contributed by atoms with E-state index in [0.29, 0.717) is 13.1 Å². The monoisotopic (exact) mass is 845 g/mol. The molecule has 26 N–H and O–H groups in total. The molecule has 0 aromatic rings. The molecule has 0 aromatic carbocycles. The number of hydrogen-bond donors (Lipinski definition) is 18. The van der Waals surface area contributed by atoms with Gasteiger partial charge in [-0.05, 0) is 38.8 Å². The Labute approximate surface area is 338 Å². The van der Waals surface area contributed by atoms with Crippen molar-refractivity contribution in [1.82, 2.24) is 10.6 Å². The van der Waals surface area contributed by atoms with Crippen LogP contribution in [0.3, 0.4) is 0 Å². The Bertz CT molecular complexity index is 1100. The molecule has 0 radical (unpaired) electrons. The fourth-order valence-electron chi connectivity index (χ4n) is 7.73. The van der Waals surface area contributed by atoms with Crippen LogP contribution >= 0.6 is 0 Å². The van der Waals surface area contributed by atoms with Crippen molar-refractivity contribution in [3.05, 3.63) is 0 Å². The molecular weight excluding hydrogens is 772 g/mol. The lowest BCUT2D eigenvalue weighted by Crippen LogP contribution is -2.68. The molecule has 2 saturated heterocycles. The second-order valence-corrected chi connectivity index (χ2v) is 16.0. The molecule has 24 heteroatoms. The molecule has 4 aliphatic rings. The van der Waals surface area contributed by atoms with Crippen molar-refractivity contribution in [2.24, 2.45) is 45.9 Å². The Kier molecular flexibility index (Phi) is 20.1. The number of rotatable bonds is 21. The number of hydrogen-bond acceptors (Lipinski definition) is 24. The molecule has 0 bridgehead atoms. The van der Waals surface area contributed by atoms with Gasteiger partial charge in [0.25, 0.3) is 0 Å². The minimum atomic E-state index is -1.38. The Morgan fingerprint density at radius 3 is 1.22 bits per heavy atom. The van der Waals surface area contributed by atoms with Crippen LogP contribution < -0.4 is 56.5 Å². The van der Waals surface area contributed by atoms with E-state index in [9.17, 15) is 40.9 Å². The first kappa shape index (κ1) is 49.7. The molecule has 22 atom stereocenters. The molecule has 58 heavy (non-hydrogen) atoms. The lowest BCUT2D eigenvalue weighted by molar-refractivity contribution is -0.292. The zero-order valence-electron chi connectivity index (χ0n) is 32.8. The Hall–Kier alpha value is -0.960. The molecule has 2 aliphatic heterocycles. The first-order valence-corrected chi connectivity index (χ1v) is 20.1. The van der Waals surface area contributed by atoms with Crippen molar-refractivity contribution in [2.45, 2.75) is 160 Å². The van der Waals surface area contributed by atoms with Crippen LogP contribution in [0.2, 0.25) is 0 Å². The maximum atomic E-state index is 10.9. The number of aliphatic hydroxyl groups is 8. The van der Waals surface area contributed by atoms with Crippen LogP contribution in [-0.4, -0.2) is 228 Å². The first-order valence-electron chi connectivity index (χ1n) is 20.1. The third-order valence-corrected chi connectivity index (χ3v) is 11.4. The molecule has 24 nitrogen and oxygen atoms in total. The van der Waals surface area contributed by atoms with Crippen LogP contribution in [0.25, 0.3) is 0 Å². The number of unbranched alkanes of at least 4 members (excludes halogenated alkanes) is 1. The molecule has 0 amide bonds. The van der Waals surface area contributed by atoms with Crippen LogP contribution in [-0.2, 0) is 28.4 Å². The largest absolute Gasteiger partial charge is 0.389 e. The zero-order valence-corrected chi connectivity index (χ0v) is 32.8. The predicted molar refractivity (Wildman–Crippen MR) is 205 cm³/mol. The van der Waals surface area contributed by atoms with Gasteiger partial charge in [0, 0.05) is 50.3 Å². The fourth-order valence-corrected chi connectivity index (χ4v) is 7.73. The molecule has 2 saturated carbocycles. The number of aliphatic hydroxyl groups excluding tert-OH is 8.